The molecule has 2 unspecified atom stereocenters. The van der Waals surface area contributed by atoms with Gasteiger partial charge >= 0.3 is 6.09 Å². The second-order valence-corrected chi connectivity index (χ2v) is 2.63. The van der Waals surface area contributed by atoms with Crippen molar-refractivity contribution >= 4 is 18.5 Å². The van der Waals surface area contributed by atoms with Crippen molar-refractivity contribution in [2.24, 2.45) is 5.73 Å². The van der Waals surface area contributed by atoms with Crippen molar-refractivity contribution in [3.05, 3.63) is 0 Å². The van der Waals surface area contributed by atoms with Crippen LogP contribution in [0.2, 0.25) is 0 Å². The van der Waals surface area contributed by atoms with Gasteiger partial charge in [0.1, 0.15) is 0 Å². The molecule has 0 saturated carbocycles. The van der Waals surface area contributed by atoms with Crippen LogP contribution in [0.1, 0.15) is 0 Å². The van der Waals surface area contributed by atoms with Gasteiger partial charge in [-0.15, -0.1) is 12.4 Å². The van der Waals surface area contributed by atoms with Crippen LogP contribution in [-0.4, -0.2) is 48.4 Å². The number of likely N-dealkylation sites (tertiary alicyclic amines) is 1. The first kappa shape index (κ1) is 11.5. The van der Waals surface area contributed by atoms with E-state index in [4.69, 9.17) is 15.6 Å². The normalized spacial score (nSPS) is 28.3. The van der Waals surface area contributed by atoms with Gasteiger partial charge in [-0.3, -0.25) is 0 Å². The Morgan fingerprint density at radius 2 is 2.25 bits per heavy atom. The SMILES string of the molecule is COC1CN(C(=O)O)CC1N.Cl. The van der Waals surface area contributed by atoms with E-state index in [0.29, 0.717) is 13.1 Å². The monoisotopic (exact) mass is 196 g/mol. The molecule has 0 aromatic carbocycles. The third-order valence-electron chi connectivity index (χ3n) is 1.88. The molecule has 5 nitrogen and oxygen atoms in total. The summed E-state index contributed by atoms with van der Waals surface area (Å²) in [6.07, 6.45) is -1.08. The molecule has 0 spiro atoms. The van der Waals surface area contributed by atoms with Gasteiger partial charge in [-0.05, 0) is 0 Å². The Morgan fingerprint density at radius 3 is 2.50 bits per heavy atom. The van der Waals surface area contributed by atoms with Gasteiger partial charge in [-0.1, -0.05) is 0 Å². The molecule has 6 heteroatoms. The maximum absolute atomic E-state index is 10.4. The van der Waals surface area contributed by atoms with Gasteiger partial charge in [0.15, 0.2) is 0 Å². The number of hydrogen-bond acceptors (Lipinski definition) is 3. The molecular weight excluding hydrogens is 184 g/mol. The van der Waals surface area contributed by atoms with E-state index in [0.717, 1.165) is 0 Å². The van der Waals surface area contributed by atoms with Crippen molar-refractivity contribution in [3.63, 3.8) is 0 Å². The summed E-state index contributed by atoms with van der Waals surface area (Å²) in [7, 11) is 1.54. The fourth-order valence-electron chi connectivity index (χ4n) is 1.20. The summed E-state index contributed by atoms with van der Waals surface area (Å²) in [5.41, 5.74) is 5.59. The molecule has 0 aromatic heterocycles. The first-order valence-corrected chi connectivity index (χ1v) is 3.41. The van der Waals surface area contributed by atoms with Crippen molar-refractivity contribution < 1.29 is 14.6 Å². The van der Waals surface area contributed by atoms with Gasteiger partial charge in [-0.2, -0.15) is 0 Å². The van der Waals surface area contributed by atoms with E-state index < -0.39 is 6.09 Å². The fraction of sp³-hybridized carbons (Fsp3) is 0.833. The molecule has 1 amide bonds. The van der Waals surface area contributed by atoms with Crippen molar-refractivity contribution in [1.82, 2.24) is 4.90 Å². The first-order chi connectivity index (χ1) is 5.15. The van der Waals surface area contributed by atoms with E-state index >= 15 is 0 Å². The highest BCUT2D eigenvalue weighted by atomic mass is 35.5. The smallest absolute Gasteiger partial charge is 0.407 e. The summed E-state index contributed by atoms with van der Waals surface area (Å²) < 4.78 is 4.97. The molecule has 0 aromatic rings. The van der Waals surface area contributed by atoms with Crippen LogP contribution in [0.4, 0.5) is 4.79 Å². The highest BCUT2D eigenvalue weighted by Gasteiger charge is 2.32. The number of carbonyl (C=O) groups is 1. The summed E-state index contributed by atoms with van der Waals surface area (Å²) in [5.74, 6) is 0. The van der Waals surface area contributed by atoms with Crippen LogP contribution >= 0.6 is 12.4 Å². The van der Waals surface area contributed by atoms with Crippen molar-refractivity contribution in [2.75, 3.05) is 20.2 Å². The maximum atomic E-state index is 10.4. The predicted molar refractivity (Wildman–Crippen MR) is 45.6 cm³/mol. The number of nitrogens with zero attached hydrogens (tertiary/aromatic N) is 1. The Hall–Kier alpha value is -0.520. The molecule has 1 aliphatic rings. The van der Waals surface area contributed by atoms with E-state index in [1.54, 1.807) is 0 Å². The quantitative estimate of drug-likeness (QED) is 0.606. The largest absolute Gasteiger partial charge is 0.465 e. The Kier molecular flexibility index (Phi) is 4.30. The second-order valence-electron chi connectivity index (χ2n) is 2.63. The zero-order valence-electron chi connectivity index (χ0n) is 6.77. The predicted octanol–water partition coefficient (Wildman–Crippen LogP) is -0.256. The fourth-order valence-corrected chi connectivity index (χ4v) is 1.20. The van der Waals surface area contributed by atoms with Crippen molar-refractivity contribution in [3.8, 4) is 0 Å². The van der Waals surface area contributed by atoms with Gasteiger partial charge < -0.3 is 20.5 Å². The summed E-state index contributed by atoms with van der Waals surface area (Å²) in [6.45, 7) is 0.751. The number of ether oxygens (including phenoxy) is 1. The molecule has 0 bridgehead atoms. The molecule has 1 fully saturated rings. The number of amides is 1. The summed E-state index contributed by atoms with van der Waals surface area (Å²) in [6, 6.07) is -0.184. The standard InChI is InChI=1S/C6H12N2O3.ClH/c1-11-5-3-8(6(9)10)2-4(5)7;/h4-5H,2-3,7H2,1H3,(H,9,10);1H. The highest BCUT2D eigenvalue weighted by molar-refractivity contribution is 5.85. The number of carboxylic acid groups (broad SMARTS) is 1. The lowest BCUT2D eigenvalue weighted by atomic mass is 10.2. The van der Waals surface area contributed by atoms with E-state index in [1.807, 2.05) is 0 Å². The molecule has 1 aliphatic heterocycles. The molecule has 12 heavy (non-hydrogen) atoms. The van der Waals surface area contributed by atoms with E-state index in [9.17, 15) is 4.79 Å². The minimum absolute atomic E-state index is 0. The lowest BCUT2D eigenvalue weighted by molar-refractivity contribution is 0.0954. The van der Waals surface area contributed by atoms with E-state index in [1.165, 1.54) is 12.0 Å². The number of rotatable bonds is 1. The molecular formula is C6H13ClN2O3. The van der Waals surface area contributed by atoms with E-state index in [2.05, 4.69) is 0 Å². The summed E-state index contributed by atoms with van der Waals surface area (Å²) in [5, 5.41) is 8.56. The average molecular weight is 197 g/mol. The van der Waals surface area contributed by atoms with E-state index in [-0.39, 0.29) is 24.6 Å². The van der Waals surface area contributed by atoms with Crippen LogP contribution in [0.5, 0.6) is 0 Å². The number of halogens is 1. The maximum Gasteiger partial charge on any atom is 0.407 e. The molecule has 72 valence electrons. The van der Waals surface area contributed by atoms with Crippen LogP contribution in [0.3, 0.4) is 0 Å². The second kappa shape index (κ2) is 4.49. The highest BCUT2D eigenvalue weighted by Crippen LogP contribution is 2.10. The average Bonchev–Trinajstić information content (AvgIpc) is 2.31. The van der Waals surface area contributed by atoms with Gasteiger partial charge in [0, 0.05) is 13.7 Å². The minimum atomic E-state index is -0.931. The van der Waals surface area contributed by atoms with Crippen LogP contribution < -0.4 is 5.73 Å². The lowest BCUT2D eigenvalue weighted by Gasteiger charge is -2.10. The molecule has 0 radical (unpaired) electrons. The third kappa shape index (κ3) is 2.23. The van der Waals surface area contributed by atoms with Crippen LogP contribution in [0.15, 0.2) is 0 Å². The van der Waals surface area contributed by atoms with Gasteiger partial charge in [0.05, 0.1) is 18.7 Å². The molecule has 3 N–H and O–H groups in total. The molecule has 2 atom stereocenters. The topological polar surface area (TPSA) is 75.8 Å². The molecule has 0 aliphatic carbocycles. The molecule has 1 saturated heterocycles. The Morgan fingerprint density at radius 1 is 1.67 bits per heavy atom. The van der Waals surface area contributed by atoms with Gasteiger partial charge in [0.2, 0.25) is 0 Å². The van der Waals surface area contributed by atoms with Crippen molar-refractivity contribution in [1.29, 1.82) is 0 Å². The zero-order chi connectivity index (χ0) is 8.43. The van der Waals surface area contributed by atoms with Crippen LogP contribution in [0, 0.1) is 0 Å². The number of hydrogen-bond donors (Lipinski definition) is 2. The third-order valence-corrected chi connectivity index (χ3v) is 1.88. The summed E-state index contributed by atoms with van der Waals surface area (Å²) >= 11 is 0. The lowest BCUT2D eigenvalue weighted by Crippen LogP contribution is -2.34. The van der Waals surface area contributed by atoms with Crippen molar-refractivity contribution in [2.45, 2.75) is 12.1 Å². The van der Waals surface area contributed by atoms with Crippen LogP contribution in [-0.2, 0) is 4.74 Å². The molecule has 1 heterocycles. The molecule has 1 rings (SSSR count). The Bertz CT molecular complexity index is 167. The first-order valence-electron chi connectivity index (χ1n) is 3.41. The van der Waals surface area contributed by atoms with Gasteiger partial charge in [-0.25, -0.2) is 4.79 Å². The summed E-state index contributed by atoms with van der Waals surface area (Å²) in [4.78, 5) is 11.7. The number of methoxy groups -OCH3 is 1. The van der Waals surface area contributed by atoms with Gasteiger partial charge in [0.25, 0.3) is 0 Å². The van der Waals surface area contributed by atoms with Crippen LogP contribution in [0.25, 0.3) is 0 Å². The minimum Gasteiger partial charge on any atom is -0.465 e. The Labute approximate surface area is 76.9 Å². The number of nitrogens with two attached hydrogens (primary N) is 1. The Balaban J connectivity index is 0.00000121. The zero-order valence-corrected chi connectivity index (χ0v) is 7.58.